The van der Waals surface area contributed by atoms with Crippen molar-refractivity contribution >= 4 is 11.9 Å². The van der Waals surface area contributed by atoms with Crippen LogP contribution in [0.3, 0.4) is 0 Å². The third-order valence-electron chi connectivity index (χ3n) is 3.25. The van der Waals surface area contributed by atoms with Crippen LogP contribution in [0.4, 0.5) is 0 Å². The molecule has 0 saturated carbocycles. The van der Waals surface area contributed by atoms with Crippen molar-refractivity contribution in [1.29, 1.82) is 0 Å². The number of amides is 1. The molecular weight excluding hydrogens is 244 g/mol. The molecule has 1 aromatic rings. The summed E-state index contributed by atoms with van der Waals surface area (Å²) in [7, 11) is 3.20. The normalized spacial score (nSPS) is 18.8. The van der Waals surface area contributed by atoms with Crippen molar-refractivity contribution in [2.75, 3.05) is 14.2 Å². The zero-order chi connectivity index (χ0) is 13.8. The maximum Gasteiger partial charge on any atom is 0.259 e. The lowest BCUT2D eigenvalue weighted by Gasteiger charge is -2.23. The van der Waals surface area contributed by atoms with Crippen LogP contribution in [0.15, 0.2) is 17.3 Å². The predicted octanol–water partition coefficient (Wildman–Crippen LogP) is 0.780. The lowest BCUT2D eigenvalue weighted by molar-refractivity contribution is 0.0840. The quantitative estimate of drug-likeness (QED) is 0.609. The van der Waals surface area contributed by atoms with E-state index >= 15 is 0 Å². The number of nitrogens with two attached hydrogens (primary N) is 1. The van der Waals surface area contributed by atoms with Crippen LogP contribution in [-0.2, 0) is 11.2 Å². The number of nitrogens with one attached hydrogen (secondary N) is 1. The average Bonchev–Trinajstić information content (AvgIpc) is 2.45. The first-order chi connectivity index (χ1) is 9.15. The van der Waals surface area contributed by atoms with Gasteiger partial charge in [0.25, 0.3) is 5.91 Å². The molecule has 0 radical (unpaired) electrons. The molecular formula is C13H18N4O2. The first-order valence-corrected chi connectivity index (χ1v) is 6.21. The van der Waals surface area contributed by atoms with Gasteiger partial charge in [0, 0.05) is 20.4 Å². The van der Waals surface area contributed by atoms with Crippen LogP contribution in [-0.4, -0.2) is 31.0 Å². The fourth-order valence-corrected chi connectivity index (χ4v) is 2.22. The average molecular weight is 262 g/mol. The molecule has 0 fully saturated rings. The van der Waals surface area contributed by atoms with Crippen molar-refractivity contribution in [2.24, 2.45) is 10.7 Å². The third kappa shape index (κ3) is 2.90. The Morgan fingerprint density at radius 2 is 2.42 bits per heavy atom. The van der Waals surface area contributed by atoms with E-state index in [0.29, 0.717) is 5.56 Å². The van der Waals surface area contributed by atoms with Crippen molar-refractivity contribution in [2.45, 2.75) is 25.4 Å². The number of aliphatic imine (C=N–C) groups is 1. The fourth-order valence-electron chi connectivity index (χ4n) is 2.22. The molecule has 19 heavy (non-hydrogen) atoms. The van der Waals surface area contributed by atoms with Crippen LogP contribution < -0.4 is 11.1 Å². The van der Waals surface area contributed by atoms with Crippen molar-refractivity contribution in [3.05, 3.63) is 29.1 Å². The van der Waals surface area contributed by atoms with Crippen molar-refractivity contribution < 1.29 is 9.53 Å². The minimum absolute atomic E-state index is 0.0307. The number of carbonyl (C=O) groups is 1. The highest BCUT2D eigenvalue weighted by molar-refractivity contribution is 6.05. The van der Waals surface area contributed by atoms with Gasteiger partial charge < -0.3 is 10.5 Å². The van der Waals surface area contributed by atoms with Gasteiger partial charge >= 0.3 is 0 Å². The highest BCUT2D eigenvalue weighted by atomic mass is 16.5. The topological polar surface area (TPSA) is 89.6 Å². The molecule has 1 aliphatic carbocycles. The van der Waals surface area contributed by atoms with Gasteiger partial charge in [-0.05, 0) is 30.9 Å². The van der Waals surface area contributed by atoms with E-state index in [2.05, 4.69) is 15.3 Å². The van der Waals surface area contributed by atoms with Crippen LogP contribution in [0.2, 0.25) is 0 Å². The Labute approximate surface area is 112 Å². The van der Waals surface area contributed by atoms with E-state index in [1.165, 1.54) is 7.05 Å². The number of nitrogens with zero attached hydrogens (tertiary/aromatic N) is 2. The summed E-state index contributed by atoms with van der Waals surface area (Å²) in [5, 5.41) is 2.50. The van der Waals surface area contributed by atoms with Gasteiger partial charge in [-0.25, -0.2) is 0 Å². The number of carbonyl (C=O) groups excluding carboxylic acids is 1. The summed E-state index contributed by atoms with van der Waals surface area (Å²) in [4.78, 5) is 20.0. The number of hydrogen-bond donors (Lipinski definition) is 2. The number of fused-ring (bicyclic) bond motifs is 1. The summed E-state index contributed by atoms with van der Waals surface area (Å²) in [5.41, 5.74) is 7.96. The molecule has 1 unspecified atom stereocenters. The molecule has 1 aromatic heterocycles. The third-order valence-corrected chi connectivity index (χ3v) is 3.25. The Kier molecular flexibility index (Phi) is 4.11. The highest BCUT2D eigenvalue weighted by Gasteiger charge is 2.22. The number of aromatic nitrogens is 1. The number of rotatable bonds is 2. The van der Waals surface area contributed by atoms with Crippen LogP contribution in [0, 0.1) is 0 Å². The molecule has 1 amide bonds. The maximum atomic E-state index is 11.9. The Hall–Kier alpha value is -1.95. The predicted molar refractivity (Wildman–Crippen MR) is 71.9 cm³/mol. The van der Waals surface area contributed by atoms with Crippen LogP contribution in [0.5, 0.6) is 0 Å². The summed E-state index contributed by atoms with van der Waals surface area (Å²) in [6.07, 6.45) is 4.51. The molecule has 6 nitrogen and oxygen atoms in total. The summed E-state index contributed by atoms with van der Waals surface area (Å²) < 4.78 is 5.40. The Morgan fingerprint density at radius 3 is 3.11 bits per heavy atom. The number of ether oxygens (including phenoxy) is 1. The van der Waals surface area contributed by atoms with Gasteiger partial charge in [-0.15, -0.1) is 0 Å². The first kappa shape index (κ1) is 13.5. The van der Waals surface area contributed by atoms with E-state index < -0.39 is 0 Å². The number of pyridine rings is 1. The molecule has 6 heteroatoms. The molecule has 1 aliphatic rings. The van der Waals surface area contributed by atoms with Gasteiger partial charge in [0.15, 0.2) is 5.96 Å². The molecule has 0 bridgehead atoms. The van der Waals surface area contributed by atoms with Gasteiger partial charge in [0.05, 0.1) is 17.4 Å². The molecule has 0 saturated heterocycles. The van der Waals surface area contributed by atoms with Crippen LogP contribution in [0.1, 0.15) is 40.6 Å². The van der Waals surface area contributed by atoms with E-state index in [9.17, 15) is 4.79 Å². The van der Waals surface area contributed by atoms with Crippen molar-refractivity contribution in [3.63, 3.8) is 0 Å². The number of aryl methyl sites for hydroxylation is 1. The lowest BCUT2D eigenvalue weighted by atomic mass is 9.92. The minimum atomic E-state index is -0.294. The van der Waals surface area contributed by atoms with Gasteiger partial charge in [-0.3, -0.25) is 20.1 Å². The smallest absolute Gasteiger partial charge is 0.259 e. The van der Waals surface area contributed by atoms with Crippen molar-refractivity contribution in [3.8, 4) is 0 Å². The summed E-state index contributed by atoms with van der Waals surface area (Å²) in [6, 6.07) is 1.85. The molecule has 1 heterocycles. The summed E-state index contributed by atoms with van der Waals surface area (Å²) in [5.74, 6) is -0.199. The zero-order valence-corrected chi connectivity index (χ0v) is 11.1. The maximum absolute atomic E-state index is 11.9. The van der Waals surface area contributed by atoms with E-state index in [1.807, 2.05) is 6.07 Å². The Morgan fingerprint density at radius 1 is 1.63 bits per heavy atom. The SMILES string of the molecule is CN=C(N)NC(=O)c1cnc2c(c1)CCCC2OC. The number of hydrogen-bond acceptors (Lipinski definition) is 4. The van der Waals surface area contributed by atoms with E-state index in [4.69, 9.17) is 10.5 Å². The van der Waals surface area contributed by atoms with Gasteiger partial charge in [0.1, 0.15) is 0 Å². The van der Waals surface area contributed by atoms with Crippen LogP contribution >= 0.6 is 0 Å². The Balaban J connectivity index is 2.23. The monoisotopic (exact) mass is 262 g/mol. The van der Waals surface area contributed by atoms with Gasteiger partial charge in [0.2, 0.25) is 0 Å². The summed E-state index contributed by atoms with van der Waals surface area (Å²) in [6.45, 7) is 0. The summed E-state index contributed by atoms with van der Waals surface area (Å²) >= 11 is 0. The van der Waals surface area contributed by atoms with Gasteiger partial charge in [-0.2, -0.15) is 0 Å². The molecule has 1 atom stereocenters. The van der Waals surface area contributed by atoms with E-state index in [0.717, 1.165) is 30.5 Å². The number of methoxy groups -OCH3 is 1. The molecule has 2 rings (SSSR count). The van der Waals surface area contributed by atoms with E-state index in [-0.39, 0.29) is 18.0 Å². The molecule has 0 spiro atoms. The van der Waals surface area contributed by atoms with Crippen LogP contribution in [0.25, 0.3) is 0 Å². The Bertz CT molecular complexity index is 513. The second kappa shape index (κ2) is 5.79. The van der Waals surface area contributed by atoms with E-state index in [1.54, 1.807) is 13.3 Å². The van der Waals surface area contributed by atoms with Crippen molar-refractivity contribution in [1.82, 2.24) is 10.3 Å². The largest absolute Gasteiger partial charge is 0.375 e. The minimum Gasteiger partial charge on any atom is -0.375 e. The van der Waals surface area contributed by atoms with Gasteiger partial charge in [-0.1, -0.05) is 0 Å². The molecule has 0 aromatic carbocycles. The standard InChI is InChI=1S/C13H18N4O2/c1-15-13(14)17-12(18)9-6-8-4-3-5-10(19-2)11(8)16-7-9/h6-7,10H,3-5H2,1-2H3,(H3,14,15,17,18). The first-order valence-electron chi connectivity index (χ1n) is 6.21. The second-order valence-corrected chi connectivity index (χ2v) is 4.45. The molecule has 0 aliphatic heterocycles. The zero-order valence-electron chi connectivity index (χ0n) is 11.1. The fraction of sp³-hybridized carbons (Fsp3) is 0.462. The second-order valence-electron chi connectivity index (χ2n) is 4.45. The number of guanidine groups is 1. The lowest BCUT2D eigenvalue weighted by Crippen LogP contribution is -2.36. The molecule has 3 N–H and O–H groups in total. The highest BCUT2D eigenvalue weighted by Crippen LogP contribution is 2.30. The molecule has 102 valence electrons.